The molecule has 0 aromatic heterocycles. The van der Waals surface area contributed by atoms with Crippen molar-refractivity contribution in [1.29, 1.82) is 0 Å². The predicted molar refractivity (Wildman–Crippen MR) is 70.9 cm³/mol. The van der Waals surface area contributed by atoms with Crippen molar-refractivity contribution in [3.05, 3.63) is 35.6 Å². The first-order valence-corrected chi connectivity index (χ1v) is 6.85. The second-order valence-corrected chi connectivity index (χ2v) is 6.06. The lowest BCUT2D eigenvalue weighted by molar-refractivity contribution is -0.147. The van der Waals surface area contributed by atoms with Gasteiger partial charge in [-0.2, -0.15) is 0 Å². The zero-order chi connectivity index (χ0) is 15.4. The zero-order valence-electron chi connectivity index (χ0n) is 11.2. The molecule has 0 radical (unpaired) electrons. The fourth-order valence-electron chi connectivity index (χ4n) is 3.93. The van der Waals surface area contributed by atoms with E-state index in [9.17, 15) is 19.1 Å². The summed E-state index contributed by atoms with van der Waals surface area (Å²) in [5.74, 6) is -4.10. The topological polar surface area (TPSA) is 101 Å². The molecule has 1 aromatic carbocycles. The van der Waals surface area contributed by atoms with Gasteiger partial charge in [0, 0.05) is 5.92 Å². The SMILES string of the molecule is NC1(C(=O)O)C(Cc2ccc(F)cc2)CC2C(C(=O)O)C21. The molecule has 2 aliphatic rings. The number of carboxylic acids is 2. The van der Waals surface area contributed by atoms with Crippen molar-refractivity contribution >= 4 is 11.9 Å². The minimum atomic E-state index is -1.51. The van der Waals surface area contributed by atoms with Crippen LogP contribution >= 0.6 is 0 Å². The van der Waals surface area contributed by atoms with Gasteiger partial charge in [0.05, 0.1) is 5.92 Å². The van der Waals surface area contributed by atoms with Crippen LogP contribution in [0.4, 0.5) is 4.39 Å². The number of aliphatic carboxylic acids is 2. The average Bonchev–Trinajstić information content (AvgIpc) is 3.07. The maximum absolute atomic E-state index is 12.9. The maximum atomic E-state index is 12.9. The summed E-state index contributed by atoms with van der Waals surface area (Å²) in [7, 11) is 0. The highest BCUT2D eigenvalue weighted by Crippen LogP contribution is 2.64. The van der Waals surface area contributed by atoms with Crippen molar-refractivity contribution in [2.45, 2.75) is 18.4 Å². The molecule has 0 heterocycles. The molecule has 2 aliphatic carbocycles. The molecular formula is C15H16FNO4. The summed E-state index contributed by atoms with van der Waals surface area (Å²) >= 11 is 0. The number of hydrogen-bond acceptors (Lipinski definition) is 3. The molecular weight excluding hydrogens is 277 g/mol. The Kier molecular flexibility index (Phi) is 3.02. The van der Waals surface area contributed by atoms with Gasteiger partial charge in [-0.15, -0.1) is 0 Å². The van der Waals surface area contributed by atoms with Gasteiger partial charge in [0.25, 0.3) is 0 Å². The minimum Gasteiger partial charge on any atom is -0.481 e. The molecule has 4 N–H and O–H groups in total. The van der Waals surface area contributed by atoms with Gasteiger partial charge in [0.2, 0.25) is 0 Å². The lowest BCUT2D eigenvalue weighted by Crippen LogP contribution is -2.55. The number of fused-ring (bicyclic) bond motifs is 1. The molecule has 0 amide bonds. The maximum Gasteiger partial charge on any atom is 0.324 e. The molecule has 2 saturated carbocycles. The fourth-order valence-corrected chi connectivity index (χ4v) is 3.93. The van der Waals surface area contributed by atoms with Crippen LogP contribution in [-0.4, -0.2) is 27.7 Å². The van der Waals surface area contributed by atoms with Crippen LogP contribution in [0, 0.1) is 29.5 Å². The Morgan fingerprint density at radius 1 is 1.29 bits per heavy atom. The summed E-state index contributed by atoms with van der Waals surface area (Å²) in [6.45, 7) is 0. The monoisotopic (exact) mass is 293 g/mol. The standard InChI is InChI=1S/C15H16FNO4/c16-9-3-1-7(2-4-9)5-8-6-10-11(13(18)19)12(10)15(8,17)14(20)21/h1-4,8,10-12H,5-6,17H2,(H,18,19)(H,20,21). The van der Waals surface area contributed by atoms with E-state index < -0.39 is 29.3 Å². The third-order valence-electron chi connectivity index (χ3n) is 5.00. The highest BCUT2D eigenvalue weighted by molar-refractivity contribution is 5.85. The molecule has 0 bridgehead atoms. The first kappa shape index (κ1) is 14.0. The number of rotatable bonds is 4. The Hall–Kier alpha value is -1.95. The summed E-state index contributed by atoms with van der Waals surface area (Å²) < 4.78 is 12.9. The van der Waals surface area contributed by atoms with E-state index in [1.807, 2.05) is 0 Å². The van der Waals surface area contributed by atoms with E-state index in [-0.39, 0.29) is 17.7 Å². The molecule has 0 aliphatic heterocycles. The second-order valence-electron chi connectivity index (χ2n) is 6.06. The molecule has 21 heavy (non-hydrogen) atoms. The van der Waals surface area contributed by atoms with Gasteiger partial charge in [-0.05, 0) is 42.4 Å². The largest absolute Gasteiger partial charge is 0.481 e. The quantitative estimate of drug-likeness (QED) is 0.772. The summed E-state index contributed by atoms with van der Waals surface area (Å²) in [5, 5.41) is 18.6. The summed E-state index contributed by atoms with van der Waals surface area (Å²) in [6.07, 6.45) is 0.907. The van der Waals surface area contributed by atoms with Crippen LogP contribution < -0.4 is 5.73 Å². The van der Waals surface area contributed by atoms with Gasteiger partial charge in [-0.25, -0.2) is 4.39 Å². The highest BCUT2D eigenvalue weighted by atomic mass is 19.1. The first-order chi connectivity index (χ1) is 9.85. The third-order valence-corrected chi connectivity index (χ3v) is 5.00. The van der Waals surface area contributed by atoms with Crippen molar-refractivity contribution in [3.63, 3.8) is 0 Å². The molecule has 5 nitrogen and oxygen atoms in total. The molecule has 0 saturated heterocycles. The number of carboxylic acid groups (broad SMARTS) is 2. The zero-order valence-corrected chi connectivity index (χ0v) is 11.2. The first-order valence-electron chi connectivity index (χ1n) is 6.85. The highest BCUT2D eigenvalue weighted by Gasteiger charge is 2.73. The number of benzene rings is 1. The lowest BCUT2D eigenvalue weighted by atomic mass is 9.78. The Morgan fingerprint density at radius 3 is 2.43 bits per heavy atom. The number of hydrogen-bond donors (Lipinski definition) is 3. The smallest absolute Gasteiger partial charge is 0.324 e. The average molecular weight is 293 g/mol. The predicted octanol–water partition coefficient (Wildman–Crippen LogP) is 1.12. The van der Waals surface area contributed by atoms with Crippen molar-refractivity contribution in [1.82, 2.24) is 0 Å². The van der Waals surface area contributed by atoms with Crippen LogP contribution in [0.25, 0.3) is 0 Å². The van der Waals surface area contributed by atoms with E-state index >= 15 is 0 Å². The van der Waals surface area contributed by atoms with E-state index in [1.165, 1.54) is 12.1 Å². The van der Waals surface area contributed by atoms with Crippen LogP contribution in [0.3, 0.4) is 0 Å². The summed E-state index contributed by atoms with van der Waals surface area (Å²) in [6, 6.07) is 5.86. The fraction of sp³-hybridized carbons (Fsp3) is 0.467. The van der Waals surface area contributed by atoms with Gasteiger partial charge in [-0.3, -0.25) is 9.59 Å². The van der Waals surface area contributed by atoms with Crippen molar-refractivity contribution < 1.29 is 24.2 Å². The minimum absolute atomic E-state index is 0.158. The van der Waals surface area contributed by atoms with Crippen LogP contribution in [0.15, 0.2) is 24.3 Å². The van der Waals surface area contributed by atoms with E-state index in [0.717, 1.165) is 5.56 Å². The number of halogens is 1. The van der Waals surface area contributed by atoms with Crippen molar-refractivity contribution in [2.24, 2.45) is 29.4 Å². The normalized spacial score (nSPS) is 37.0. The molecule has 112 valence electrons. The van der Waals surface area contributed by atoms with E-state index in [1.54, 1.807) is 12.1 Å². The van der Waals surface area contributed by atoms with Crippen LogP contribution in [-0.2, 0) is 16.0 Å². The molecule has 5 atom stereocenters. The van der Waals surface area contributed by atoms with E-state index in [4.69, 9.17) is 10.8 Å². The molecule has 6 heteroatoms. The Morgan fingerprint density at radius 2 is 1.90 bits per heavy atom. The number of carbonyl (C=O) groups is 2. The van der Waals surface area contributed by atoms with Gasteiger partial charge >= 0.3 is 11.9 Å². The Labute approximate surface area is 120 Å². The Bertz CT molecular complexity index is 602. The molecule has 2 fully saturated rings. The molecule has 5 unspecified atom stereocenters. The molecule has 1 aromatic rings. The molecule has 0 spiro atoms. The van der Waals surface area contributed by atoms with Gasteiger partial charge in [0.1, 0.15) is 11.4 Å². The van der Waals surface area contributed by atoms with Crippen LogP contribution in [0.5, 0.6) is 0 Å². The van der Waals surface area contributed by atoms with Gasteiger partial charge in [-0.1, -0.05) is 12.1 Å². The van der Waals surface area contributed by atoms with E-state index in [2.05, 4.69) is 0 Å². The van der Waals surface area contributed by atoms with E-state index in [0.29, 0.717) is 12.8 Å². The lowest BCUT2D eigenvalue weighted by Gasteiger charge is -2.30. The Balaban J connectivity index is 1.82. The van der Waals surface area contributed by atoms with Gasteiger partial charge in [0.15, 0.2) is 0 Å². The van der Waals surface area contributed by atoms with Crippen LogP contribution in [0.2, 0.25) is 0 Å². The van der Waals surface area contributed by atoms with Crippen LogP contribution in [0.1, 0.15) is 12.0 Å². The molecule has 3 rings (SSSR count). The van der Waals surface area contributed by atoms with Crippen molar-refractivity contribution in [3.8, 4) is 0 Å². The van der Waals surface area contributed by atoms with Gasteiger partial charge < -0.3 is 15.9 Å². The second kappa shape index (κ2) is 4.53. The van der Waals surface area contributed by atoms with Crippen molar-refractivity contribution in [2.75, 3.05) is 0 Å². The number of nitrogens with two attached hydrogens (primary N) is 1. The third kappa shape index (κ3) is 2.01. The summed E-state index contributed by atoms with van der Waals surface area (Å²) in [5.41, 5.74) is 5.40. The summed E-state index contributed by atoms with van der Waals surface area (Å²) in [4.78, 5) is 22.7.